The molecular formula is C15H14ClFO. The Balaban J connectivity index is 2.04. The maximum absolute atomic E-state index is 13.5. The van der Waals surface area contributed by atoms with E-state index in [0.717, 1.165) is 12.2 Å². The van der Waals surface area contributed by atoms with E-state index in [1.165, 1.54) is 17.7 Å². The molecule has 0 atom stereocenters. The highest BCUT2D eigenvalue weighted by atomic mass is 35.5. The van der Waals surface area contributed by atoms with Crippen molar-refractivity contribution in [1.29, 1.82) is 0 Å². The maximum atomic E-state index is 13.5. The zero-order valence-corrected chi connectivity index (χ0v) is 10.9. The molecule has 0 aliphatic rings. The van der Waals surface area contributed by atoms with Crippen LogP contribution in [0.5, 0.6) is 5.75 Å². The Morgan fingerprint density at radius 1 is 1.11 bits per heavy atom. The fourth-order valence-corrected chi connectivity index (χ4v) is 1.83. The molecule has 2 aromatic carbocycles. The van der Waals surface area contributed by atoms with E-state index in [1.54, 1.807) is 6.07 Å². The van der Waals surface area contributed by atoms with Gasteiger partial charge in [-0.05, 0) is 42.3 Å². The summed E-state index contributed by atoms with van der Waals surface area (Å²) in [6.45, 7) is 2.27. The molecule has 0 spiro atoms. The minimum absolute atomic E-state index is 0.178. The first-order chi connectivity index (χ1) is 8.69. The van der Waals surface area contributed by atoms with Crippen molar-refractivity contribution in [2.75, 3.05) is 0 Å². The van der Waals surface area contributed by atoms with Crippen LogP contribution in [0.4, 0.5) is 4.39 Å². The third-order valence-electron chi connectivity index (χ3n) is 2.73. The molecule has 0 saturated heterocycles. The van der Waals surface area contributed by atoms with E-state index >= 15 is 0 Å². The summed E-state index contributed by atoms with van der Waals surface area (Å²) in [4.78, 5) is 0. The van der Waals surface area contributed by atoms with Gasteiger partial charge in [0.1, 0.15) is 18.2 Å². The van der Waals surface area contributed by atoms with Crippen LogP contribution >= 0.6 is 11.6 Å². The van der Waals surface area contributed by atoms with Gasteiger partial charge in [0.05, 0.1) is 0 Å². The molecule has 0 heterocycles. The number of hydrogen-bond acceptors (Lipinski definition) is 1. The van der Waals surface area contributed by atoms with Gasteiger partial charge in [0, 0.05) is 10.6 Å². The highest BCUT2D eigenvalue weighted by Gasteiger charge is 2.04. The summed E-state index contributed by atoms with van der Waals surface area (Å²) in [5, 5.41) is 0.510. The van der Waals surface area contributed by atoms with Gasteiger partial charge >= 0.3 is 0 Å². The van der Waals surface area contributed by atoms with Crippen LogP contribution in [-0.4, -0.2) is 0 Å². The molecule has 18 heavy (non-hydrogen) atoms. The predicted molar refractivity (Wildman–Crippen MR) is 71.6 cm³/mol. The number of aryl methyl sites for hydroxylation is 1. The van der Waals surface area contributed by atoms with Crippen LogP contribution in [0.15, 0.2) is 42.5 Å². The van der Waals surface area contributed by atoms with Gasteiger partial charge in [0.2, 0.25) is 0 Å². The second-order valence-electron chi connectivity index (χ2n) is 4.02. The summed E-state index contributed by atoms with van der Waals surface area (Å²) in [5.41, 5.74) is 1.71. The highest BCUT2D eigenvalue weighted by molar-refractivity contribution is 6.30. The van der Waals surface area contributed by atoms with E-state index in [-0.39, 0.29) is 12.4 Å². The molecule has 0 amide bonds. The van der Waals surface area contributed by atoms with E-state index < -0.39 is 0 Å². The molecule has 0 N–H and O–H groups in total. The van der Waals surface area contributed by atoms with Crippen molar-refractivity contribution < 1.29 is 9.13 Å². The molecule has 3 heteroatoms. The average molecular weight is 265 g/mol. The number of rotatable bonds is 4. The zero-order chi connectivity index (χ0) is 13.0. The monoisotopic (exact) mass is 264 g/mol. The summed E-state index contributed by atoms with van der Waals surface area (Å²) in [7, 11) is 0. The van der Waals surface area contributed by atoms with Crippen molar-refractivity contribution in [2.24, 2.45) is 0 Å². The fraction of sp³-hybridized carbons (Fsp3) is 0.200. The second kappa shape index (κ2) is 5.87. The Kier molecular flexibility index (Phi) is 4.21. The topological polar surface area (TPSA) is 9.23 Å². The quantitative estimate of drug-likeness (QED) is 0.783. The molecule has 0 aromatic heterocycles. The predicted octanol–water partition coefficient (Wildman–Crippen LogP) is 4.62. The van der Waals surface area contributed by atoms with Crippen molar-refractivity contribution >= 4 is 11.6 Å². The second-order valence-corrected chi connectivity index (χ2v) is 4.46. The van der Waals surface area contributed by atoms with Crippen LogP contribution in [0.3, 0.4) is 0 Å². The number of halogens is 2. The van der Waals surface area contributed by atoms with Gasteiger partial charge < -0.3 is 4.74 Å². The minimum Gasteiger partial charge on any atom is -0.489 e. The van der Waals surface area contributed by atoms with Crippen molar-refractivity contribution in [1.82, 2.24) is 0 Å². The Morgan fingerprint density at radius 3 is 2.50 bits per heavy atom. The van der Waals surface area contributed by atoms with Gasteiger partial charge in [0.15, 0.2) is 0 Å². The lowest BCUT2D eigenvalue weighted by atomic mass is 10.2. The Morgan fingerprint density at radius 2 is 1.83 bits per heavy atom. The largest absolute Gasteiger partial charge is 0.489 e. The summed E-state index contributed by atoms with van der Waals surface area (Å²) in [6.07, 6.45) is 0.989. The summed E-state index contributed by atoms with van der Waals surface area (Å²) >= 11 is 5.82. The van der Waals surface area contributed by atoms with Crippen LogP contribution in [0.2, 0.25) is 5.02 Å². The van der Waals surface area contributed by atoms with E-state index in [0.29, 0.717) is 10.6 Å². The first kappa shape index (κ1) is 12.9. The molecule has 0 saturated carbocycles. The summed E-state index contributed by atoms with van der Waals surface area (Å²) in [5.74, 6) is 0.427. The van der Waals surface area contributed by atoms with Crippen LogP contribution in [0.25, 0.3) is 0 Å². The van der Waals surface area contributed by atoms with Crippen LogP contribution in [0.1, 0.15) is 18.1 Å². The molecule has 1 nitrogen and oxygen atoms in total. The summed E-state index contributed by atoms with van der Waals surface area (Å²) < 4.78 is 19.0. The average Bonchev–Trinajstić information content (AvgIpc) is 2.40. The molecule has 2 rings (SSSR count). The van der Waals surface area contributed by atoms with Gasteiger partial charge in [0.25, 0.3) is 0 Å². The third kappa shape index (κ3) is 3.23. The third-order valence-corrected chi connectivity index (χ3v) is 2.97. The van der Waals surface area contributed by atoms with E-state index in [2.05, 4.69) is 6.92 Å². The number of hydrogen-bond donors (Lipinski definition) is 0. The standard InChI is InChI=1S/C15H14ClFO/c1-2-11-3-6-14(7-4-11)18-10-12-9-13(16)5-8-15(12)17/h3-9H,2,10H2,1H3. The summed E-state index contributed by atoms with van der Waals surface area (Å²) in [6, 6.07) is 12.2. The molecule has 0 fully saturated rings. The number of ether oxygens (including phenoxy) is 1. The first-order valence-electron chi connectivity index (χ1n) is 5.84. The lowest BCUT2D eigenvalue weighted by molar-refractivity contribution is 0.300. The van der Waals surface area contributed by atoms with Crippen LogP contribution < -0.4 is 4.74 Å². The van der Waals surface area contributed by atoms with E-state index in [9.17, 15) is 4.39 Å². The molecule has 0 aliphatic heterocycles. The lowest BCUT2D eigenvalue weighted by Crippen LogP contribution is -1.98. The van der Waals surface area contributed by atoms with Crippen LogP contribution in [-0.2, 0) is 13.0 Å². The number of benzene rings is 2. The zero-order valence-electron chi connectivity index (χ0n) is 10.1. The normalized spacial score (nSPS) is 10.4. The molecule has 2 aromatic rings. The molecule has 94 valence electrons. The van der Waals surface area contributed by atoms with E-state index in [1.807, 2.05) is 24.3 Å². The van der Waals surface area contributed by atoms with Gasteiger partial charge in [-0.2, -0.15) is 0 Å². The Labute approximate surface area is 111 Å². The minimum atomic E-state index is -0.301. The Bertz CT molecular complexity index is 523. The van der Waals surface area contributed by atoms with Gasteiger partial charge in [-0.3, -0.25) is 0 Å². The fourth-order valence-electron chi connectivity index (χ4n) is 1.64. The van der Waals surface area contributed by atoms with Gasteiger partial charge in [-0.15, -0.1) is 0 Å². The van der Waals surface area contributed by atoms with Gasteiger partial charge in [-0.25, -0.2) is 4.39 Å². The van der Waals surface area contributed by atoms with Crippen molar-refractivity contribution in [3.05, 3.63) is 64.4 Å². The Hall–Kier alpha value is -1.54. The first-order valence-corrected chi connectivity index (χ1v) is 6.22. The molecular weight excluding hydrogens is 251 g/mol. The molecule has 0 unspecified atom stereocenters. The van der Waals surface area contributed by atoms with Gasteiger partial charge in [-0.1, -0.05) is 30.7 Å². The molecule has 0 aliphatic carbocycles. The highest BCUT2D eigenvalue weighted by Crippen LogP contribution is 2.18. The van der Waals surface area contributed by atoms with Crippen molar-refractivity contribution in [3.8, 4) is 5.75 Å². The smallest absolute Gasteiger partial charge is 0.129 e. The maximum Gasteiger partial charge on any atom is 0.129 e. The molecule has 0 radical (unpaired) electrons. The lowest BCUT2D eigenvalue weighted by Gasteiger charge is -2.08. The van der Waals surface area contributed by atoms with Crippen molar-refractivity contribution in [2.45, 2.75) is 20.0 Å². The van der Waals surface area contributed by atoms with Crippen LogP contribution in [0, 0.1) is 5.82 Å². The van der Waals surface area contributed by atoms with Crippen molar-refractivity contribution in [3.63, 3.8) is 0 Å². The molecule has 0 bridgehead atoms. The SMILES string of the molecule is CCc1ccc(OCc2cc(Cl)ccc2F)cc1. The van der Waals surface area contributed by atoms with E-state index in [4.69, 9.17) is 16.3 Å².